The summed E-state index contributed by atoms with van der Waals surface area (Å²) >= 11 is 0. The fourth-order valence-electron chi connectivity index (χ4n) is 1.56. The molecule has 19 heavy (non-hydrogen) atoms. The van der Waals surface area contributed by atoms with Gasteiger partial charge < -0.3 is 14.6 Å². The van der Waals surface area contributed by atoms with Crippen molar-refractivity contribution < 1.29 is 23.8 Å². The summed E-state index contributed by atoms with van der Waals surface area (Å²) in [6.45, 7) is 5.37. The number of alkyl halides is 1. The van der Waals surface area contributed by atoms with Crippen molar-refractivity contribution in [2.75, 3.05) is 6.61 Å². The van der Waals surface area contributed by atoms with E-state index in [1.807, 2.05) is 13.8 Å². The summed E-state index contributed by atoms with van der Waals surface area (Å²) in [7, 11) is 0. The minimum atomic E-state index is -2.10. The van der Waals surface area contributed by atoms with Gasteiger partial charge in [-0.15, -0.1) is 0 Å². The van der Waals surface area contributed by atoms with E-state index < -0.39 is 18.2 Å². The molecule has 0 saturated carbocycles. The van der Waals surface area contributed by atoms with E-state index in [0.29, 0.717) is 5.75 Å². The maximum atomic E-state index is 13.7. The second-order valence-electron chi connectivity index (χ2n) is 4.34. The van der Waals surface area contributed by atoms with Gasteiger partial charge >= 0.3 is 5.97 Å². The summed E-state index contributed by atoms with van der Waals surface area (Å²) in [6, 6.07) is 6.38. The molecule has 1 aromatic rings. The molecule has 0 bridgehead atoms. The SMILES string of the molecule is CCOC(=O)C(F)C(O)c1cccc(OC(C)C)c1. The van der Waals surface area contributed by atoms with Gasteiger partial charge in [-0.25, -0.2) is 9.18 Å². The number of hydrogen-bond acceptors (Lipinski definition) is 4. The van der Waals surface area contributed by atoms with E-state index in [9.17, 15) is 14.3 Å². The number of hydrogen-bond donors (Lipinski definition) is 1. The fourth-order valence-corrected chi connectivity index (χ4v) is 1.56. The number of halogens is 1. The van der Waals surface area contributed by atoms with Crippen LogP contribution in [0.25, 0.3) is 0 Å². The number of carbonyl (C=O) groups is 1. The number of esters is 1. The van der Waals surface area contributed by atoms with Gasteiger partial charge in [-0.05, 0) is 38.5 Å². The Bertz CT molecular complexity index is 420. The summed E-state index contributed by atoms with van der Waals surface area (Å²) in [6.07, 6.45) is -3.69. The molecule has 0 radical (unpaired) electrons. The van der Waals surface area contributed by atoms with Gasteiger partial charge in [0.2, 0.25) is 6.17 Å². The number of aliphatic hydroxyl groups excluding tert-OH is 1. The molecule has 0 aliphatic heterocycles. The van der Waals surface area contributed by atoms with Crippen LogP contribution in [-0.4, -0.2) is 30.0 Å². The van der Waals surface area contributed by atoms with Crippen molar-refractivity contribution in [3.8, 4) is 5.75 Å². The Morgan fingerprint density at radius 2 is 2.11 bits per heavy atom. The van der Waals surface area contributed by atoms with Crippen LogP contribution in [0.3, 0.4) is 0 Å². The Kier molecular flexibility index (Phi) is 5.76. The quantitative estimate of drug-likeness (QED) is 0.806. The van der Waals surface area contributed by atoms with Gasteiger partial charge in [0, 0.05) is 0 Å². The van der Waals surface area contributed by atoms with E-state index in [0.717, 1.165) is 0 Å². The molecule has 1 aromatic carbocycles. The molecule has 1 N–H and O–H groups in total. The van der Waals surface area contributed by atoms with E-state index >= 15 is 0 Å². The zero-order valence-corrected chi connectivity index (χ0v) is 11.3. The molecule has 4 nitrogen and oxygen atoms in total. The van der Waals surface area contributed by atoms with E-state index in [4.69, 9.17) is 4.74 Å². The lowest BCUT2D eigenvalue weighted by Crippen LogP contribution is -2.26. The first-order valence-electron chi connectivity index (χ1n) is 6.21. The third kappa shape index (κ3) is 4.52. The van der Waals surface area contributed by atoms with Gasteiger partial charge in [0.25, 0.3) is 0 Å². The van der Waals surface area contributed by atoms with Crippen molar-refractivity contribution in [3.63, 3.8) is 0 Å². The Labute approximate surface area is 112 Å². The number of carbonyl (C=O) groups excluding carboxylic acids is 1. The molecule has 106 valence electrons. The number of rotatable bonds is 6. The molecule has 0 aromatic heterocycles. The summed E-state index contributed by atoms with van der Waals surface area (Å²) < 4.78 is 23.7. The summed E-state index contributed by atoms with van der Waals surface area (Å²) in [4.78, 5) is 11.2. The van der Waals surface area contributed by atoms with Gasteiger partial charge in [-0.1, -0.05) is 12.1 Å². The Hall–Kier alpha value is -1.62. The first-order chi connectivity index (χ1) is 8.95. The second-order valence-corrected chi connectivity index (χ2v) is 4.34. The van der Waals surface area contributed by atoms with Gasteiger partial charge in [0.1, 0.15) is 11.9 Å². The van der Waals surface area contributed by atoms with E-state index in [2.05, 4.69) is 4.74 Å². The summed E-state index contributed by atoms with van der Waals surface area (Å²) in [5, 5.41) is 9.81. The Morgan fingerprint density at radius 3 is 2.68 bits per heavy atom. The lowest BCUT2D eigenvalue weighted by Gasteiger charge is -2.16. The second kappa shape index (κ2) is 7.09. The third-order valence-electron chi connectivity index (χ3n) is 2.36. The molecular weight excluding hydrogens is 251 g/mol. The average Bonchev–Trinajstić information content (AvgIpc) is 2.36. The molecule has 0 saturated heterocycles. The van der Waals surface area contributed by atoms with Crippen molar-refractivity contribution >= 4 is 5.97 Å². The maximum absolute atomic E-state index is 13.7. The predicted molar refractivity (Wildman–Crippen MR) is 68.7 cm³/mol. The first kappa shape index (κ1) is 15.4. The fraction of sp³-hybridized carbons (Fsp3) is 0.500. The molecule has 0 amide bonds. The molecule has 0 fully saturated rings. The van der Waals surface area contributed by atoms with Crippen molar-refractivity contribution in [1.29, 1.82) is 0 Å². The molecular formula is C14H19FO4. The highest BCUT2D eigenvalue weighted by Gasteiger charge is 2.29. The van der Waals surface area contributed by atoms with E-state index in [-0.39, 0.29) is 18.3 Å². The van der Waals surface area contributed by atoms with Gasteiger partial charge in [0.15, 0.2) is 0 Å². The number of ether oxygens (including phenoxy) is 2. The molecule has 5 heteroatoms. The molecule has 2 atom stereocenters. The van der Waals surface area contributed by atoms with Gasteiger partial charge in [0.05, 0.1) is 12.7 Å². The van der Waals surface area contributed by atoms with Crippen molar-refractivity contribution in [3.05, 3.63) is 29.8 Å². The average molecular weight is 270 g/mol. The highest BCUT2D eigenvalue weighted by Crippen LogP contribution is 2.24. The maximum Gasteiger partial charge on any atom is 0.343 e. The third-order valence-corrected chi connectivity index (χ3v) is 2.36. The summed E-state index contributed by atoms with van der Waals surface area (Å²) in [5.74, 6) is -0.548. The predicted octanol–water partition coefficient (Wildman–Crippen LogP) is 2.41. The van der Waals surface area contributed by atoms with Crippen LogP contribution in [0.2, 0.25) is 0 Å². The van der Waals surface area contributed by atoms with Crippen LogP contribution in [-0.2, 0) is 9.53 Å². The molecule has 1 rings (SSSR count). The van der Waals surface area contributed by atoms with Crippen LogP contribution >= 0.6 is 0 Å². The van der Waals surface area contributed by atoms with E-state index in [1.165, 1.54) is 12.1 Å². The van der Waals surface area contributed by atoms with Gasteiger partial charge in [-0.2, -0.15) is 0 Å². The van der Waals surface area contributed by atoms with Crippen LogP contribution in [0, 0.1) is 0 Å². The van der Waals surface area contributed by atoms with Crippen LogP contribution < -0.4 is 4.74 Å². The minimum Gasteiger partial charge on any atom is -0.491 e. The van der Waals surface area contributed by atoms with Crippen LogP contribution in [0.1, 0.15) is 32.4 Å². The molecule has 0 spiro atoms. The number of benzene rings is 1. The van der Waals surface area contributed by atoms with E-state index in [1.54, 1.807) is 19.1 Å². The molecule has 0 aliphatic rings. The number of aliphatic hydroxyl groups is 1. The largest absolute Gasteiger partial charge is 0.491 e. The van der Waals surface area contributed by atoms with Crippen molar-refractivity contribution in [2.45, 2.75) is 39.2 Å². The molecule has 0 heterocycles. The zero-order valence-electron chi connectivity index (χ0n) is 11.3. The van der Waals surface area contributed by atoms with Gasteiger partial charge in [-0.3, -0.25) is 0 Å². The zero-order chi connectivity index (χ0) is 14.4. The highest BCUT2D eigenvalue weighted by molar-refractivity contribution is 5.75. The van der Waals surface area contributed by atoms with Crippen LogP contribution in [0.15, 0.2) is 24.3 Å². The lowest BCUT2D eigenvalue weighted by molar-refractivity contribution is -0.153. The topological polar surface area (TPSA) is 55.8 Å². The minimum absolute atomic E-state index is 0.0291. The molecule has 2 unspecified atom stereocenters. The first-order valence-corrected chi connectivity index (χ1v) is 6.21. The van der Waals surface area contributed by atoms with Crippen molar-refractivity contribution in [1.82, 2.24) is 0 Å². The van der Waals surface area contributed by atoms with Crippen molar-refractivity contribution in [2.24, 2.45) is 0 Å². The smallest absolute Gasteiger partial charge is 0.343 e. The standard InChI is InChI=1S/C14H19FO4/c1-4-18-14(17)12(15)13(16)10-6-5-7-11(8-10)19-9(2)3/h5-9,12-13,16H,4H2,1-3H3. The van der Waals surface area contributed by atoms with Crippen LogP contribution in [0.4, 0.5) is 4.39 Å². The lowest BCUT2D eigenvalue weighted by atomic mass is 10.1. The Morgan fingerprint density at radius 1 is 1.42 bits per heavy atom. The normalized spacial score (nSPS) is 14.0. The Balaban J connectivity index is 2.81. The highest BCUT2D eigenvalue weighted by atomic mass is 19.1. The summed E-state index contributed by atoms with van der Waals surface area (Å²) in [5.41, 5.74) is 0.277. The monoisotopic (exact) mass is 270 g/mol. The molecule has 0 aliphatic carbocycles. The van der Waals surface area contributed by atoms with Crippen LogP contribution in [0.5, 0.6) is 5.75 Å².